The lowest BCUT2D eigenvalue weighted by atomic mass is 9.95. The summed E-state index contributed by atoms with van der Waals surface area (Å²) in [6.07, 6.45) is 2.65. The lowest BCUT2D eigenvalue weighted by Crippen LogP contribution is -2.35. The van der Waals surface area contributed by atoms with Crippen LogP contribution in [0.3, 0.4) is 0 Å². The van der Waals surface area contributed by atoms with Gasteiger partial charge in [-0.2, -0.15) is 0 Å². The number of rotatable bonds is 7. The molecule has 1 atom stereocenters. The minimum atomic E-state index is -0.599. The SMILES string of the molecule is CCCn1c(=O)[nH]c(=O)c2c(C(=O)NC(c3ccc4c(c3)OCCO4)C(C)C)cc(C3CC3)nc21. The summed E-state index contributed by atoms with van der Waals surface area (Å²) in [5, 5.41) is 3.27. The van der Waals surface area contributed by atoms with Crippen LogP contribution < -0.4 is 26.0 Å². The van der Waals surface area contributed by atoms with Gasteiger partial charge in [0, 0.05) is 18.2 Å². The van der Waals surface area contributed by atoms with Gasteiger partial charge in [0.15, 0.2) is 17.1 Å². The van der Waals surface area contributed by atoms with Gasteiger partial charge in [-0.3, -0.25) is 19.1 Å². The fourth-order valence-corrected chi connectivity index (χ4v) is 4.60. The highest BCUT2D eigenvalue weighted by Gasteiger charge is 2.30. The molecule has 0 saturated heterocycles. The average molecular weight is 479 g/mol. The molecule has 0 bridgehead atoms. The fraction of sp³-hybridized carbons (Fsp3) is 0.462. The number of benzene rings is 1. The number of hydrogen-bond donors (Lipinski definition) is 2. The van der Waals surface area contributed by atoms with Crippen molar-refractivity contribution in [1.29, 1.82) is 0 Å². The second-order valence-corrected chi connectivity index (χ2v) is 9.58. The molecule has 0 radical (unpaired) electrons. The molecular formula is C26H30N4O5. The molecule has 184 valence electrons. The number of nitrogens with zero attached hydrogens (tertiary/aromatic N) is 2. The number of aromatic amines is 1. The second kappa shape index (κ2) is 9.20. The first-order chi connectivity index (χ1) is 16.9. The van der Waals surface area contributed by atoms with Gasteiger partial charge in [-0.25, -0.2) is 9.78 Å². The topological polar surface area (TPSA) is 115 Å². The molecule has 1 amide bonds. The van der Waals surface area contributed by atoms with E-state index in [0.717, 1.165) is 24.1 Å². The molecule has 2 aliphatic rings. The molecule has 3 heterocycles. The lowest BCUT2D eigenvalue weighted by molar-refractivity contribution is 0.0926. The van der Waals surface area contributed by atoms with E-state index < -0.39 is 11.2 Å². The first-order valence-corrected chi connectivity index (χ1v) is 12.3. The molecule has 9 heteroatoms. The summed E-state index contributed by atoms with van der Waals surface area (Å²) in [7, 11) is 0. The van der Waals surface area contributed by atoms with E-state index in [1.807, 2.05) is 39.0 Å². The maximum absolute atomic E-state index is 13.7. The zero-order valence-electron chi connectivity index (χ0n) is 20.2. The van der Waals surface area contributed by atoms with Gasteiger partial charge in [-0.05, 0) is 48.9 Å². The molecule has 1 fully saturated rings. The van der Waals surface area contributed by atoms with Gasteiger partial charge in [-0.15, -0.1) is 0 Å². The van der Waals surface area contributed by atoms with Gasteiger partial charge in [0.2, 0.25) is 0 Å². The number of nitrogens with one attached hydrogen (secondary N) is 2. The number of pyridine rings is 1. The molecule has 5 rings (SSSR count). The van der Waals surface area contributed by atoms with E-state index in [0.29, 0.717) is 37.7 Å². The minimum absolute atomic E-state index is 0.0640. The molecule has 1 aliphatic carbocycles. The van der Waals surface area contributed by atoms with Crippen LogP contribution >= 0.6 is 0 Å². The largest absolute Gasteiger partial charge is 0.486 e. The fourth-order valence-electron chi connectivity index (χ4n) is 4.60. The summed E-state index contributed by atoms with van der Waals surface area (Å²) < 4.78 is 12.8. The van der Waals surface area contributed by atoms with Crippen molar-refractivity contribution in [1.82, 2.24) is 19.9 Å². The second-order valence-electron chi connectivity index (χ2n) is 9.58. The number of fused-ring (bicyclic) bond motifs is 2. The van der Waals surface area contributed by atoms with Crippen molar-refractivity contribution in [2.45, 2.75) is 58.5 Å². The van der Waals surface area contributed by atoms with Crippen LogP contribution in [-0.2, 0) is 6.54 Å². The van der Waals surface area contributed by atoms with Crippen LogP contribution in [0.15, 0.2) is 33.9 Å². The van der Waals surface area contributed by atoms with Gasteiger partial charge < -0.3 is 14.8 Å². The Morgan fingerprint density at radius 2 is 1.91 bits per heavy atom. The van der Waals surface area contributed by atoms with Crippen LogP contribution in [-0.4, -0.2) is 33.7 Å². The van der Waals surface area contributed by atoms with Gasteiger partial charge >= 0.3 is 5.69 Å². The van der Waals surface area contributed by atoms with Crippen molar-refractivity contribution >= 4 is 16.9 Å². The number of ether oxygens (including phenoxy) is 2. The molecule has 2 N–H and O–H groups in total. The summed E-state index contributed by atoms with van der Waals surface area (Å²) >= 11 is 0. The van der Waals surface area contributed by atoms with Crippen LogP contribution in [0.5, 0.6) is 11.5 Å². The zero-order valence-corrected chi connectivity index (χ0v) is 20.2. The predicted molar refractivity (Wildman–Crippen MR) is 131 cm³/mol. The van der Waals surface area contributed by atoms with Crippen molar-refractivity contribution in [3.05, 3.63) is 61.9 Å². The predicted octanol–water partition coefficient (Wildman–Crippen LogP) is 3.27. The number of H-pyrrole nitrogens is 1. The molecule has 9 nitrogen and oxygen atoms in total. The molecule has 35 heavy (non-hydrogen) atoms. The Hall–Kier alpha value is -3.62. The first-order valence-electron chi connectivity index (χ1n) is 12.3. The summed E-state index contributed by atoms with van der Waals surface area (Å²) in [6, 6.07) is 7.06. The third-order valence-electron chi connectivity index (χ3n) is 6.53. The summed E-state index contributed by atoms with van der Waals surface area (Å²) in [5.41, 5.74) is 1.04. The highest BCUT2D eigenvalue weighted by Crippen LogP contribution is 2.40. The Morgan fingerprint density at radius 3 is 2.60 bits per heavy atom. The van der Waals surface area contributed by atoms with E-state index in [4.69, 9.17) is 9.47 Å². The molecular weight excluding hydrogens is 448 g/mol. The number of aromatic nitrogens is 3. The van der Waals surface area contributed by atoms with Crippen LogP contribution in [0, 0.1) is 5.92 Å². The van der Waals surface area contributed by atoms with Gasteiger partial charge in [0.05, 0.1) is 17.0 Å². The highest BCUT2D eigenvalue weighted by molar-refractivity contribution is 6.05. The van der Waals surface area contributed by atoms with Crippen molar-refractivity contribution in [2.24, 2.45) is 5.92 Å². The maximum Gasteiger partial charge on any atom is 0.329 e. The molecule has 2 aromatic heterocycles. The summed E-state index contributed by atoms with van der Waals surface area (Å²) in [6.45, 7) is 7.38. The van der Waals surface area contributed by atoms with Gasteiger partial charge in [0.1, 0.15) is 13.2 Å². The quantitative estimate of drug-likeness (QED) is 0.539. The Kier molecular flexibility index (Phi) is 6.08. The monoisotopic (exact) mass is 478 g/mol. The van der Waals surface area contributed by atoms with E-state index in [1.165, 1.54) is 4.57 Å². The van der Waals surface area contributed by atoms with E-state index >= 15 is 0 Å². The third kappa shape index (κ3) is 4.42. The first kappa shape index (κ1) is 23.1. The zero-order chi connectivity index (χ0) is 24.7. The van der Waals surface area contributed by atoms with E-state index in [-0.39, 0.29) is 40.4 Å². The van der Waals surface area contributed by atoms with Crippen molar-refractivity contribution in [3.8, 4) is 11.5 Å². The van der Waals surface area contributed by atoms with Crippen molar-refractivity contribution in [3.63, 3.8) is 0 Å². The summed E-state index contributed by atoms with van der Waals surface area (Å²) in [5.74, 6) is 1.27. The number of carbonyl (C=O) groups is 1. The van der Waals surface area contributed by atoms with Crippen molar-refractivity contribution < 1.29 is 14.3 Å². The standard InChI is InChI=1S/C26H30N4O5/c1-4-9-30-23-21(25(32)29-26(30)33)17(13-18(27-23)15-5-6-15)24(31)28-22(14(2)3)16-7-8-19-20(12-16)35-11-10-34-19/h7-8,12-15,22H,4-6,9-11H2,1-3H3,(H,28,31)(H,29,32,33). The summed E-state index contributed by atoms with van der Waals surface area (Å²) in [4.78, 5) is 46.2. The highest BCUT2D eigenvalue weighted by atomic mass is 16.6. The molecule has 1 aromatic carbocycles. The maximum atomic E-state index is 13.7. The Morgan fingerprint density at radius 1 is 1.17 bits per heavy atom. The number of amides is 1. The van der Waals surface area contributed by atoms with Crippen molar-refractivity contribution in [2.75, 3.05) is 13.2 Å². The molecule has 1 unspecified atom stereocenters. The smallest absolute Gasteiger partial charge is 0.329 e. The van der Waals surface area contributed by atoms with E-state index in [1.54, 1.807) is 6.07 Å². The van der Waals surface area contributed by atoms with Crippen LogP contribution in [0.2, 0.25) is 0 Å². The lowest BCUT2D eigenvalue weighted by Gasteiger charge is -2.26. The minimum Gasteiger partial charge on any atom is -0.486 e. The third-order valence-corrected chi connectivity index (χ3v) is 6.53. The van der Waals surface area contributed by atoms with Gasteiger partial charge in [0.25, 0.3) is 11.5 Å². The average Bonchev–Trinajstić information content (AvgIpc) is 3.69. The number of aryl methyl sites for hydroxylation is 1. The van der Waals surface area contributed by atoms with E-state index in [9.17, 15) is 14.4 Å². The molecule has 0 spiro atoms. The number of carbonyl (C=O) groups excluding carboxylic acids is 1. The van der Waals surface area contributed by atoms with E-state index in [2.05, 4.69) is 15.3 Å². The Labute approximate surface area is 202 Å². The van der Waals surface area contributed by atoms with Crippen LogP contribution in [0.25, 0.3) is 11.0 Å². The molecule has 1 saturated carbocycles. The Bertz CT molecular complexity index is 1400. The van der Waals surface area contributed by atoms with Gasteiger partial charge in [-0.1, -0.05) is 26.8 Å². The normalized spacial score (nSPS) is 15.9. The van der Waals surface area contributed by atoms with Crippen LogP contribution in [0.4, 0.5) is 0 Å². The molecule has 1 aliphatic heterocycles. The Balaban J connectivity index is 1.58. The molecule has 3 aromatic rings. The number of hydrogen-bond acceptors (Lipinski definition) is 6. The van der Waals surface area contributed by atoms with Crippen LogP contribution in [0.1, 0.15) is 73.6 Å².